The zero-order chi connectivity index (χ0) is 14.2. The first-order valence-corrected chi connectivity index (χ1v) is 7.19. The van der Waals surface area contributed by atoms with Crippen molar-refractivity contribution in [1.82, 2.24) is 10.2 Å². The SMILES string of the molecule is NC(=O)c1ccc(N2CCC3(O)CCCCC3C2)nn1. The molecule has 108 valence electrons. The fourth-order valence-corrected chi connectivity index (χ4v) is 3.40. The van der Waals surface area contributed by atoms with Gasteiger partial charge in [0.15, 0.2) is 11.5 Å². The molecule has 2 aliphatic rings. The van der Waals surface area contributed by atoms with Gasteiger partial charge in [-0.15, -0.1) is 10.2 Å². The maximum atomic E-state index is 11.0. The van der Waals surface area contributed by atoms with Crippen LogP contribution in [0.3, 0.4) is 0 Å². The third kappa shape index (κ3) is 2.35. The van der Waals surface area contributed by atoms with E-state index >= 15 is 0 Å². The van der Waals surface area contributed by atoms with E-state index in [9.17, 15) is 9.90 Å². The van der Waals surface area contributed by atoms with Crippen molar-refractivity contribution in [2.75, 3.05) is 18.0 Å². The van der Waals surface area contributed by atoms with Gasteiger partial charge in [-0.2, -0.15) is 0 Å². The van der Waals surface area contributed by atoms with E-state index in [1.807, 2.05) is 0 Å². The van der Waals surface area contributed by atoms with Gasteiger partial charge in [0.25, 0.3) is 5.91 Å². The van der Waals surface area contributed by atoms with Gasteiger partial charge in [-0.1, -0.05) is 12.8 Å². The smallest absolute Gasteiger partial charge is 0.269 e. The molecule has 2 heterocycles. The number of carbonyl (C=O) groups excluding carboxylic acids is 1. The Morgan fingerprint density at radius 3 is 2.90 bits per heavy atom. The Kier molecular flexibility index (Phi) is 3.33. The summed E-state index contributed by atoms with van der Waals surface area (Å²) in [5, 5.41) is 18.6. The normalized spacial score (nSPS) is 29.9. The molecule has 0 radical (unpaired) electrons. The molecule has 0 aromatic carbocycles. The van der Waals surface area contributed by atoms with E-state index < -0.39 is 11.5 Å². The molecule has 1 aliphatic carbocycles. The lowest BCUT2D eigenvalue weighted by Crippen LogP contribution is -2.53. The summed E-state index contributed by atoms with van der Waals surface area (Å²) in [5.74, 6) is 0.495. The zero-order valence-corrected chi connectivity index (χ0v) is 11.5. The molecule has 1 amide bonds. The summed E-state index contributed by atoms with van der Waals surface area (Å²) in [5.41, 5.74) is 4.85. The Labute approximate surface area is 118 Å². The number of rotatable bonds is 2. The van der Waals surface area contributed by atoms with Crippen LogP contribution in [-0.4, -0.2) is 39.9 Å². The summed E-state index contributed by atoms with van der Waals surface area (Å²) in [6, 6.07) is 3.38. The van der Waals surface area contributed by atoms with Gasteiger partial charge in [-0.25, -0.2) is 0 Å². The molecule has 3 N–H and O–H groups in total. The van der Waals surface area contributed by atoms with Gasteiger partial charge in [0.1, 0.15) is 0 Å². The number of piperidine rings is 1. The first-order valence-electron chi connectivity index (χ1n) is 7.19. The van der Waals surface area contributed by atoms with Crippen LogP contribution in [0, 0.1) is 5.92 Å². The second-order valence-electron chi connectivity index (χ2n) is 5.88. The molecule has 2 fully saturated rings. The van der Waals surface area contributed by atoms with E-state index in [2.05, 4.69) is 15.1 Å². The maximum Gasteiger partial charge on any atom is 0.269 e. The number of carbonyl (C=O) groups is 1. The molecular weight excluding hydrogens is 256 g/mol. The van der Waals surface area contributed by atoms with Gasteiger partial charge in [0.05, 0.1) is 5.60 Å². The number of anilines is 1. The molecule has 1 aliphatic heterocycles. The summed E-state index contributed by atoms with van der Waals surface area (Å²) in [6.07, 6.45) is 5.07. The molecule has 1 aromatic heterocycles. The van der Waals surface area contributed by atoms with Crippen molar-refractivity contribution in [3.63, 3.8) is 0 Å². The number of hydrogen-bond donors (Lipinski definition) is 2. The van der Waals surface area contributed by atoms with Crippen LogP contribution in [0.2, 0.25) is 0 Å². The van der Waals surface area contributed by atoms with Gasteiger partial charge < -0.3 is 15.7 Å². The predicted molar refractivity (Wildman–Crippen MR) is 74.3 cm³/mol. The summed E-state index contributed by atoms with van der Waals surface area (Å²) in [4.78, 5) is 13.1. The van der Waals surface area contributed by atoms with Crippen LogP contribution >= 0.6 is 0 Å². The number of hydrogen-bond acceptors (Lipinski definition) is 5. The number of amides is 1. The van der Waals surface area contributed by atoms with Gasteiger partial charge in [0.2, 0.25) is 0 Å². The Balaban J connectivity index is 1.74. The molecule has 2 atom stereocenters. The Morgan fingerprint density at radius 2 is 2.20 bits per heavy atom. The lowest BCUT2D eigenvalue weighted by molar-refractivity contribution is -0.0613. The lowest BCUT2D eigenvalue weighted by atomic mass is 9.71. The highest BCUT2D eigenvalue weighted by atomic mass is 16.3. The van der Waals surface area contributed by atoms with E-state index in [1.165, 1.54) is 6.42 Å². The predicted octanol–water partition coefficient (Wildman–Crippen LogP) is 0.707. The van der Waals surface area contributed by atoms with Crippen LogP contribution in [0.15, 0.2) is 12.1 Å². The third-order valence-electron chi connectivity index (χ3n) is 4.65. The monoisotopic (exact) mass is 276 g/mol. The highest BCUT2D eigenvalue weighted by molar-refractivity contribution is 5.90. The van der Waals surface area contributed by atoms with E-state index in [-0.39, 0.29) is 5.69 Å². The molecule has 1 saturated carbocycles. The number of nitrogens with two attached hydrogens (primary N) is 1. The summed E-state index contributed by atoms with van der Waals surface area (Å²) >= 11 is 0. The number of primary amides is 1. The molecule has 6 heteroatoms. The lowest BCUT2D eigenvalue weighted by Gasteiger charge is -2.47. The van der Waals surface area contributed by atoms with Crippen LogP contribution in [0.4, 0.5) is 5.82 Å². The van der Waals surface area contributed by atoms with Gasteiger partial charge in [-0.3, -0.25) is 4.79 Å². The minimum Gasteiger partial charge on any atom is -0.389 e. The van der Waals surface area contributed by atoms with Crippen molar-refractivity contribution in [1.29, 1.82) is 0 Å². The Bertz CT molecular complexity index is 504. The van der Waals surface area contributed by atoms with E-state index in [4.69, 9.17) is 5.73 Å². The van der Waals surface area contributed by atoms with E-state index in [1.54, 1.807) is 12.1 Å². The zero-order valence-electron chi connectivity index (χ0n) is 11.5. The van der Waals surface area contributed by atoms with Crippen molar-refractivity contribution >= 4 is 11.7 Å². The second-order valence-corrected chi connectivity index (χ2v) is 5.88. The number of aromatic nitrogens is 2. The second kappa shape index (κ2) is 5.01. The largest absolute Gasteiger partial charge is 0.389 e. The quantitative estimate of drug-likeness (QED) is 0.829. The molecule has 2 unspecified atom stereocenters. The maximum absolute atomic E-state index is 11.0. The summed E-state index contributed by atoms with van der Waals surface area (Å²) in [7, 11) is 0. The standard InChI is InChI=1S/C14H20N4O2/c15-13(19)11-4-5-12(17-16-11)18-8-7-14(20)6-2-1-3-10(14)9-18/h4-5,10,20H,1-3,6-9H2,(H2,15,19). The van der Waals surface area contributed by atoms with Crippen LogP contribution in [0.5, 0.6) is 0 Å². The molecule has 0 spiro atoms. The Morgan fingerprint density at radius 1 is 1.35 bits per heavy atom. The summed E-state index contributed by atoms with van der Waals surface area (Å²) < 4.78 is 0. The fourth-order valence-electron chi connectivity index (χ4n) is 3.40. The van der Waals surface area contributed by atoms with Gasteiger partial charge in [0, 0.05) is 19.0 Å². The topological polar surface area (TPSA) is 92.3 Å². The van der Waals surface area contributed by atoms with Crippen molar-refractivity contribution < 1.29 is 9.90 Å². The fraction of sp³-hybridized carbons (Fsp3) is 0.643. The molecule has 1 aromatic rings. The average Bonchev–Trinajstić information content (AvgIpc) is 2.46. The van der Waals surface area contributed by atoms with Crippen molar-refractivity contribution in [3.05, 3.63) is 17.8 Å². The van der Waals surface area contributed by atoms with Crippen molar-refractivity contribution in [2.24, 2.45) is 11.7 Å². The van der Waals surface area contributed by atoms with Crippen molar-refractivity contribution in [2.45, 2.75) is 37.7 Å². The first kappa shape index (κ1) is 13.3. The van der Waals surface area contributed by atoms with E-state index in [0.717, 1.165) is 44.6 Å². The third-order valence-corrected chi connectivity index (χ3v) is 4.65. The number of aliphatic hydroxyl groups is 1. The van der Waals surface area contributed by atoms with Crippen molar-refractivity contribution in [3.8, 4) is 0 Å². The van der Waals surface area contributed by atoms with Gasteiger partial charge in [-0.05, 0) is 31.4 Å². The minimum absolute atomic E-state index is 0.180. The highest BCUT2D eigenvalue weighted by Crippen LogP contribution is 2.40. The molecule has 1 saturated heterocycles. The molecular formula is C14H20N4O2. The molecule has 20 heavy (non-hydrogen) atoms. The minimum atomic E-state index is -0.565. The van der Waals surface area contributed by atoms with Gasteiger partial charge >= 0.3 is 0 Å². The van der Waals surface area contributed by atoms with Crippen LogP contribution < -0.4 is 10.6 Å². The number of fused-ring (bicyclic) bond motifs is 1. The van der Waals surface area contributed by atoms with Crippen LogP contribution in [0.25, 0.3) is 0 Å². The first-order chi connectivity index (χ1) is 9.58. The molecule has 3 rings (SSSR count). The average molecular weight is 276 g/mol. The van der Waals surface area contributed by atoms with E-state index in [0.29, 0.717) is 5.92 Å². The molecule has 6 nitrogen and oxygen atoms in total. The van der Waals surface area contributed by atoms with Crippen LogP contribution in [-0.2, 0) is 0 Å². The number of nitrogens with zero attached hydrogens (tertiary/aromatic N) is 3. The summed E-state index contributed by atoms with van der Waals surface area (Å²) in [6.45, 7) is 1.58. The molecule has 0 bridgehead atoms. The Hall–Kier alpha value is -1.69. The highest BCUT2D eigenvalue weighted by Gasteiger charge is 2.43. The van der Waals surface area contributed by atoms with Crippen LogP contribution in [0.1, 0.15) is 42.6 Å².